The molecule has 0 spiro atoms. The predicted molar refractivity (Wildman–Crippen MR) is 76.7 cm³/mol. The van der Waals surface area contributed by atoms with Crippen molar-refractivity contribution in [2.45, 2.75) is 13.0 Å². The van der Waals surface area contributed by atoms with Crippen LogP contribution >= 0.6 is 0 Å². The van der Waals surface area contributed by atoms with E-state index in [9.17, 15) is 8.42 Å². The quantitative estimate of drug-likeness (QED) is 0.644. The Hall–Kier alpha value is -1.70. The molecule has 2 rings (SSSR count). The van der Waals surface area contributed by atoms with Crippen molar-refractivity contribution in [1.29, 1.82) is 0 Å². The highest BCUT2D eigenvalue weighted by Gasteiger charge is 2.11. The van der Waals surface area contributed by atoms with E-state index < -0.39 is 10.1 Å². The van der Waals surface area contributed by atoms with Crippen molar-refractivity contribution in [3.63, 3.8) is 0 Å². The number of ether oxygens (including phenoxy) is 1. The third kappa shape index (κ3) is 4.16. The van der Waals surface area contributed by atoms with E-state index in [2.05, 4.69) is 0 Å². The summed E-state index contributed by atoms with van der Waals surface area (Å²) in [6, 6.07) is 9.59. The second-order valence-electron chi connectivity index (χ2n) is 4.27. The number of hydrogen-bond acceptors (Lipinski definition) is 4. The molecule has 7 heteroatoms. The van der Waals surface area contributed by atoms with Crippen LogP contribution in [-0.2, 0) is 16.7 Å². The standard InChI is InChI=1S/C13H15NO4S.H3N/c1-18-12-5-6-13-11(10-12)4-2-7-14(13)8-3-9-19(15,16)17;/h2,4-7,10H,3,8-9H2,1H3;1H3/p+1. The fourth-order valence-electron chi connectivity index (χ4n) is 2.00. The Bertz CT molecular complexity index is 686. The summed E-state index contributed by atoms with van der Waals surface area (Å²) in [6.07, 6.45) is 2.26. The molecule has 0 saturated heterocycles. The summed E-state index contributed by atoms with van der Waals surface area (Å²) in [7, 11) is -2.28. The van der Waals surface area contributed by atoms with Gasteiger partial charge in [0.25, 0.3) is 10.1 Å². The molecular weight excluding hydrogens is 280 g/mol. The van der Waals surface area contributed by atoms with Crippen molar-refractivity contribution in [1.82, 2.24) is 6.15 Å². The zero-order valence-corrected chi connectivity index (χ0v) is 12.1. The molecule has 20 heavy (non-hydrogen) atoms. The van der Waals surface area contributed by atoms with Crippen molar-refractivity contribution in [3.05, 3.63) is 36.5 Å². The zero-order valence-electron chi connectivity index (χ0n) is 11.3. The maximum atomic E-state index is 10.7. The van der Waals surface area contributed by atoms with Crippen LogP contribution in [0.4, 0.5) is 0 Å². The van der Waals surface area contributed by atoms with Crippen molar-refractivity contribution in [3.8, 4) is 5.75 Å². The zero-order chi connectivity index (χ0) is 13.9. The Labute approximate surface area is 118 Å². The topological polar surface area (TPSA) is 102 Å². The average Bonchev–Trinajstić information content (AvgIpc) is 2.37. The Balaban J connectivity index is 0.00000200. The molecular formula is C13H19N2O4S+. The van der Waals surface area contributed by atoms with Crippen molar-refractivity contribution >= 4 is 21.0 Å². The van der Waals surface area contributed by atoms with Gasteiger partial charge in [-0.1, -0.05) is 0 Å². The van der Waals surface area contributed by atoms with Crippen LogP contribution in [-0.4, -0.2) is 25.8 Å². The molecule has 0 bridgehead atoms. The Morgan fingerprint density at radius 1 is 1.30 bits per heavy atom. The van der Waals surface area contributed by atoms with Crippen LogP contribution < -0.4 is 15.5 Å². The smallest absolute Gasteiger partial charge is 0.265 e. The van der Waals surface area contributed by atoms with Crippen LogP contribution in [0.2, 0.25) is 0 Å². The number of hydrogen-bond donors (Lipinski definition) is 2. The second-order valence-corrected chi connectivity index (χ2v) is 5.84. The van der Waals surface area contributed by atoms with Gasteiger partial charge in [-0.3, -0.25) is 4.55 Å². The predicted octanol–water partition coefficient (Wildman–Crippen LogP) is 1.58. The lowest BCUT2D eigenvalue weighted by atomic mass is 10.2. The van der Waals surface area contributed by atoms with E-state index in [-0.39, 0.29) is 11.9 Å². The van der Waals surface area contributed by atoms with Gasteiger partial charge in [0.05, 0.1) is 18.2 Å². The molecule has 1 aromatic carbocycles. The highest BCUT2D eigenvalue weighted by molar-refractivity contribution is 7.85. The monoisotopic (exact) mass is 299 g/mol. The number of nitrogens with zero attached hydrogens (tertiary/aromatic N) is 1. The number of aryl methyl sites for hydroxylation is 1. The molecule has 0 aliphatic heterocycles. The number of pyridine rings is 1. The maximum Gasteiger partial charge on any atom is 0.265 e. The first kappa shape index (κ1) is 16.4. The van der Waals surface area contributed by atoms with Crippen LogP contribution in [0.3, 0.4) is 0 Å². The van der Waals surface area contributed by atoms with Crippen LogP contribution in [0, 0.1) is 0 Å². The summed E-state index contributed by atoms with van der Waals surface area (Å²) in [5.74, 6) is 0.551. The first-order valence-electron chi connectivity index (χ1n) is 5.91. The van der Waals surface area contributed by atoms with Crippen LogP contribution in [0.5, 0.6) is 5.75 Å². The molecule has 0 fully saturated rings. The van der Waals surface area contributed by atoms with Gasteiger partial charge in [0.2, 0.25) is 5.52 Å². The molecule has 0 unspecified atom stereocenters. The van der Waals surface area contributed by atoms with E-state index in [1.165, 1.54) is 0 Å². The normalized spacial score (nSPS) is 11.1. The Morgan fingerprint density at radius 3 is 2.70 bits per heavy atom. The van der Waals surface area contributed by atoms with Gasteiger partial charge in [-0.05, 0) is 18.2 Å². The maximum absolute atomic E-state index is 10.7. The van der Waals surface area contributed by atoms with Gasteiger partial charge in [0, 0.05) is 18.6 Å². The third-order valence-corrected chi connectivity index (χ3v) is 3.69. The second kappa shape index (κ2) is 6.65. The third-order valence-electron chi connectivity index (χ3n) is 2.89. The van der Waals surface area contributed by atoms with Crippen LogP contribution in [0.25, 0.3) is 10.9 Å². The van der Waals surface area contributed by atoms with Gasteiger partial charge in [0.15, 0.2) is 6.20 Å². The summed E-state index contributed by atoms with van der Waals surface area (Å²) < 4.78 is 37.2. The molecule has 0 aliphatic carbocycles. The van der Waals surface area contributed by atoms with Gasteiger partial charge in [-0.2, -0.15) is 13.0 Å². The average molecular weight is 299 g/mol. The molecule has 0 radical (unpaired) electrons. The number of aromatic nitrogens is 1. The first-order valence-corrected chi connectivity index (χ1v) is 7.52. The van der Waals surface area contributed by atoms with E-state index in [0.717, 1.165) is 16.7 Å². The lowest BCUT2D eigenvalue weighted by Crippen LogP contribution is -2.34. The number of methoxy groups -OCH3 is 1. The molecule has 6 nitrogen and oxygen atoms in total. The lowest BCUT2D eigenvalue weighted by molar-refractivity contribution is -0.671. The van der Waals surface area contributed by atoms with Gasteiger partial charge >= 0.3 is 0 Å². The van der Waals surface area contributed by atoms with Gasteiger partial charge in [0.1, 0.15) is 12.3 Å². The molecule has 1 aromatic heterocycles. The summed E-state index contributed by atoms with van der Waals surface area (Å²) in [4.78, 5) is 0. The van der Waals surface area contributed by atoms with Crippen molar-refractivity contribution in [2.24, 2.45) is 0 Å². The highest BCUT2D eigenvalue weighted by Crippen LogP contribution is 2.17. The Morgan fingerprint density at radius 2 is 2.05 bits per heavy atom. The fraction of sp³-hybridized carbons (Fsp3) is 0.308. The number of benzene rings is 1. The molecule has 0 amide bonds. The molecule has 2 aromatic rings. The van der Waals surface area contributed by atoms with Crippen molar-refractivity contribution in [2.75, 3.05) is 12.9 Å². The number of rotatable bonds is 5. The van der Waals surface area contributed by atoms with Gasteiger partial charge in [-0.25, -0.2) is 0 Å². The van der Waals surface area contributed by atoms with Crippen molar-refractivity contribution < 1.29 is 22.3 Å². The molecule has 0 saturated carbocycles. The molecule has 1 heterocycles. The number of fused-ring (bicyclic) bond motifs is 1. The largest absolute Gasteiger partial charge is 0.497 e. The minimum Gasteiger partial charge on any atom is -0.497 e. The first-order chi connectivity index (χ1) is 8.99. The van der Waals surface area contributed by atoms with Gasteiger partial charge < -0.3 is 10.9 Å². The van der Waals surface area contributed by atoms with Crippen LogP contribution in [0.1, 0.15) is 6.42 Å². The Kier molecular flexibility index (Phi) is 5.43. The van der Waals surface area contributed by atoms with E-state index in [0.29, 0.717) is 13.0 Å². The SMILES string of the molecule is COc1ccc2c(ccc[n+]2CCCS(=O)(=O)O)c1.N. The summed E-state index contributed by atoms with van der Waals surface area (Å²) in [5.41, 5.74) is 0.999. The van der Waals surface area contributed by atoms with E-state index >= 15 is 0 Å². The summed E-state index contributed by atoms with van der Waals surface area (Å²) >= 11 is 0. The van der Waals surface area contributed by atoms with Crippen LogP contribution in [0.15, 0.2) is 36.5 Å². The minimum atomic E-state index is -3.89. The highest BCUT2D eigenvalue weighted by atomic mass is 32.2. The van der Waals surface area contributed by atoms with E-state index in [1.54, 1.807) is 7.11 Å². The lowest BCUT2D eigenvalue weighted by Gasteiger charge is -2.03. The molecule has 110 valence electrons. The molecule has 4 N–H and O–H groups in total. The summed E-state index contributed by atoms with van der Waals surface area (Å²) in [5, 5.41) is 1.02. The fourth-order valence-corrected chi connectivity index (χ4v) is 2.49. The van der Waals surface area contributed by atoms with E-state index in [4.69, 9.17) is 9.29 Å². The van der Waals surface area contributed by atoms with E-state index in [1.807, 2.05) is 41.1 Å². The summed E-state index contributed by atoms with van der Waals surface area (Å²) in [6.45, 7) is 0.531. The minimum absolute atomic E-state index is 0. The van der Waals surface area contributed by atoms with Gasteiger partial charge in [-0.15, -0.1) is 0 Å². The molecule has 0 aliphatic rings. The molecule has 0 atom stereocenters.